The number of benzene rings is 3. The number of nitrogens with zero attached hydrogens (tertiary/aromatic N) is 1. The summed E-state index contributed by atoms with van der Waals surface area (Å²) in [5.74, 6) is 0.288. The predicted molar refractivity (Wildman–Crippen MR) is 142 cm³/mol. The number of anilines is 2. The third-order valence-corrected chi connectivity index (χ3v) is 6.29. The Morgan fingerprint density at radius 3 is 2.22 bits per heavy atom. The first-order chi connectivity index (χ1) is 17.9. The normalized spacial score (nSPS) is 14.8. The van der Waals surface area contributed by atoms with E-state index >= 15 is 0 Å². The van der Waals surface area contributed by atoms with Crippen LogP contribution in [-0.2, 0) is 27.3 Å². The van der Waals surface area contributed by atoms with Crippen LogP contribution in [0.4, 0.5) is 11.4 Å². The van der Waals surface area contributed by atoms with Crippen molar-refractivity contribution in [1.82, 2.24) is 5.32 Å². The fourth-order valence-corrected chi connectivity index (χ4v) is 4.10. The van der Waals surface area contributed by atoms with Crippen LogP contribution in [0.1, 0.15) is 24.5 Å². The average Bonchev–Trinajstić information content (AvgIpc) is 3.33. The molecule has 2 N–H and O–H groups in total. The second kappa shape index (κ2) is 12.1. The number of ether oxygens (including phenoxy) is 2. The molecule has 37 heavy (non-hydrogen) atoms. The van der Waals surface area contributed by atoms with Gasteiger partial charge < -0.3 is 25.0 Å². The number of hydrogen-bond donors (Lipinski definition) is 2. The van der Waals surface area contributed by atoms with Gasteiger partial charge in [0.1, 0.15) is 11.5 Å². The molecule has 1 fully saturated rings. The standard InChI is InChI=1S/C29H31N3O5/c1-3-20-4-6-21(7-5-20)17-30-29(35)22-16-28(34)32(18-22)24-10-14-26(15-11-24)37-19-27(33)31-23-8-12-25(36-2)13-9-23/h4-15,22H,3,16-19H2,1-2H3,(H,30,35)(H,31,33)/t22-/m0/s1. The van der Waals surface area contributed by atoms with Gasteiger partial charge in [-0.1, -0.05) is 31.2 Å². The van der Waals surface area contributed by atoms with E-state index in [9.17, 15) is 14.4 Å². The van der Waals surface area contributed by atoms with Gasteiger partial charge in [0.2, 0.25) is 11.8 Å². The number of hydrogen-bond acceptors (Lipinski definition) is 5. The third-order valence-electron chi connectivity index (χ3n) is 6.29. The Balaban J connectivity index is 1.25. The highest BCUT2D eigenvalue weighted by Gasteiger charge is 2.35. The number of carbonyl (C=O) groups is 3. The van der Waals surface area contributed by atoms with E-state index in [0.29, 0.717) is 36.0 Å². The molecule has 3 aromatic rings. The van der Waals surface area contributed by atoms with Gasteiger partial charge in [0.25, 0.3) is 5.91 Å². The molecule has 4 rings (SSSR count). The van der Waals surface area contributed by atoms with Crippen molar-refractivity contribution in [2.24, 2.45) is 5.92 Å². The number of carbonyl (C=O) groups excluding carboxylic acids is 3. The fraction of sp³-hybridized carbons (Fsp3) is 0.276. The summed E-state index contributed by atoms with van der Waals surface area (Å²) in [5.41, 5.74) is 3.61. The van der Waals surface area contributed by atoms with Gasteiger partial charge in [-0.15, -0.1) is 0 Å². The average molecular weight is 502 g/mol. The molecule has 0 radical (unpaired) electrons. The molecule has 0 unspecified atom stereocenters. The fourth-order valence-electron chi connectivity index (χ4n) is 4.10. The van der Waals surface area contributed by atoms with Crippen LogP contribution in [0, 0.1) is 5.92 Å². The highest BCUT2D eigenvalue weighted by atomic mass is 16.5. The quantitative estimate of drug-likeness (QED) is 0.439. The molecule has 1 heterocycles. The number of amides is 3. The molecule has 0 aromatic heterocycles. The molecule has 1 aliphatic rings. The summed E-state index contributed by atoms with van der Waals surface area (Å²) >= 11 is 0. The van der Waals surface area contributed by atoms with Crippen LogP contribution in [0.2, 0.25) is 0 Å². The smallest absolute Gasteiger partial charge is 0.262 e. The summed E-state index contributed by atoms with van der Waals surface area (Å²) in [4.78, 5) is 39.1. The maximum absolute atomic E-state index is 12.7. The van der Waals surface area contributed by atoms with Crippen LogP contribution in [0.25, 0.3) is 0 Å². The number of nitrogens with one attached hydrogen (secondary N) is 2. The summed E-state index contributed by atoms with van der Waals surface area (Å²) in [6.45, 7) is 2.71. The zero-order valence-corrected chi connectivity index (χ0v) is 21.0. The molecular weight excluding hydrogens is 470 g/mol. The highest BCUT2D eigenvalue weighted by Crippen LogP contribution is 2.27. The number of rotatable bonds is 10. The lowest BCUT2D eigenvalue weighted by atomic mass is 10.1. The monoisotopic (exact) mass is 501 g/mol. The van der Waals surface area contributed by atoms with Gasteiger partial charge in [0.15, 0.2) is 6.61 Å². The van der Waals surface area contributed by atoms with E-state index in [1.165, 1.54) is 5.56 Å². The molecule has 3 amide bonds. The van der Waals surface area contributed by atoms with Gasteiger partial charge in [-0.3, -0.25) is 14.4 Å². The van der Waals surface area contributed by atoms with Gasteiger partial charge in [-0.05, 0) is 66.1 Å². The molecule has 8 nitrogen and oxygen atoms in total. The lowest BCUT2D eigenvalue weighted by Gasteiger charge is -2.17. The van der Waals surface area contributed by atoms with Crippen LogP contribution in [0.15, 0.2) is 72.8 Å². The largest absolute Gasteiger partial charge is 0.497 e. The topological polar surface area (TPSA) is 97.0 Å². The predicted octanol–water partition coefficient (Wildman–Crippen LogP) is 3.94. The second-order valence-corrected chi connectivity index (χ2v) is 8.85. The minimum atomic E-state index is -0.403. The van der Waals surface area contributed by atoms with Crippen LogP contribution in [0.3, 0.4) is 0 Å². The second-order valence-electron chi connectivity index (χ2n) is 8.85. The zero-order valence-electron chi connectivity index (χ0n) is 21.0. The van der Waals surface area contributed by atoms with Crippen molar-refractivity contribution in [2.45, 2.75) is 26.3 Å². The van der Waals surface area contributed by atoms with E-state index in [1.54, 1.807) is 60.5 Å². The van der Waals surface area contributed by atoms with Crippen molar-refractivity contribution in [2.75, 3.05) is 30.5 Å². The molecule has 3 aromatic carbocycles. The van der Waals surface area contributed by atoms with Crippen LogP contribution in [0.5, 0.6) is 11.5 Å². The maximum Gasteiger partial charge on any atom is 0.262 e. The Hall–Kier alpha value is -4.33. The van der Waals surface area contributed by atoms with E-state index in [0.717, 1.165) is 12.0 Å². The molecule has 0 spiro atoms. The van der Waals surface area contributed by atoms with Crippen molar-refractivity contribution in [3.05, 3.63) is 83.9 Å². The molecule has 8 heteroatoms. The van der Waals surface area contributed by atoms with Gasteiger partial charge >= 0.3 is 0 Å². The van der Waals surface area contributed by atoms with Gasteiger partial charge in [-0.2, -0.15) is 0 Å². The van der Waals surface area contributed by atoms with E-state index < -0.39 is 5.92 Å². The first-order valence-electron chi connectivity index (χ1n) is 12.3. The summed E-state index contributed by atoms with van der Waals surface area (Å²) in [5, 5.41) is 5.70. The van der Waals surface area contributed by atoms with Crippen molar-refractivity contribution < 1.29 is 23.9 Å². The minimum Gasteiger partial charge on any atom is -0.497 e. The van der Waals surface area contributed by atoms with Crippen molar-refractivity contribution in [3.8, 4) is 11.5 Å². The Morgan fingerprint density at radius 2 is 1.57 bits per heavy atom. The third kappa shape index (κ3) is 6.88. The van der Waals surface area contributed by atoms with E-state index in [1.807, 2.05) is 12.1 Å². The summed E-state index contributed by atoms with van der Waals surface area (Å²) < 4.78 is 10.7. The van der Waals surface area contributed by atoms with Gasteiger partial charge in [0, 0.05) is 30.9 Å². The Kier molecular flexibility index (Phi) is 8.40. The minimum absolute atomic E-state index is 0.0972. The van der Waals surface area contributed by atoms with Gasteiger partial charge in [0.05, 0.1) is 13.0 Å². The van der Waals surface area contributed by atoms with E-state index in [-0.39, 0.29) is 30.7 Å². The zero-order chi connectivity index (χ0) is 26.2. The maximum atomic E-state index is 12.7. The Labute approximate surface area is 216 Å². The molecule has 1 saturated heterocycles. The van der Waals surface area contributed by atoms with Crippen LogP contribution < -0.4 is 25.0 Å². The first kappa shape index (κ1) is 25.8. The van der Waals surface area contributed by atoms with Crippen molar-refractivity contribution in [1.29, 1.82) is 0 Å². The van der Waals surface area contributed by atoms with Crippen molar-refractivity contribution in [3.63, 3.8) is 0 Å². The SMILES string of the molecule is CCc1ccc(CNC(=O)[C@H]2CC(=O)N(c3ccc(OCC(=O)Nc4ccc(OC)cc4)cc3)C2)cc1. The first-order valence-corrected chi connectivity index (χ1v) is 12.3. The molecule has 0 bridgehead atoms. The molecule has 192 valence electrons. The number of aryl methyl sites for hydroxylation is 1. The van der Waals surface area contributed by atoms with Crippen LogP contribution >= 0.6 is 0 Å². The Morgan fingerprint density at radius 1 is 0.919 bits per heavy atom. The summed E-state index contributed by atoms with van der Waals surface area (Å²) in [7, 11) is 1.58. The van der Waals surface area contributed by atoms with E-state index in [4.69, 9.17) is 9.47 Å². The lowest BCUT2D eigenvalue weighted by Crippen LogP contribution is -2.32. The Bertz CT molecular complexity index is 1220. The summed E-state index contributed by atoms with van der Waals surface area (Å²) in [6.07, 6.45) is 1.14. The summed E-state index contributed by atoms with van der Waals surface area (Å²) in [6, 6.07) is 22.1. The molecule has 0 aliphatic carbocycles. The molecule has 1 atom stereocenters. The van der Waals surface area contributed by atoms with E-state index in [2.05, 4.69) is 29.7 Å². The molecule has 0 saturated carbocycles. The van der Waals surface area contributed by atoms with Crippen LogP contribution in [-0.4, -0.2) is 38.0 Å². The van der Waals surface area contributed by atoms with Gasteiger partial charge in [-0.25, -0.2) is 0 Å². The lowest BCUT2D eigenvalue weighted by molar-refractivity contribution is -0.126. The highest BCUT2D eigenvalue weighted by molar-refractivity contribution is 6.00. The molecule has 1 aliphatic heterocycles. The van der Waals surface area contributed by atoms with Crippen molar-refractivity contribution >= 4 is 29.1 Å². The molecular formula is C29H31N3O5. The number of methoxy groups -OCH3 is 1.